The van der Waals surface area contributed by atoms with E-state index in [2.05, 4.69) is 23.0 Å². The lowest BCUT2D eigenvalue weighted by atomic mass is 10.1. The fourth-order valence-corrected chi connectivity index (χ4v) is 2.72. The Bertz CT molecular complexity index is 663. The molecule has 0 atom stereocenters. The first kappa shape index (κ1) is 14.2. The molecule has 1 aromatic carbocycles. The molecule has 0 radical (unpaired) electrons. The van der Waals surface area contributed by atoms with Crippen LogP contribution in [0.25, 0.3) is 11.3 Å². The van der Waals surface area contributed by atoms with Gasteiger partial charge in [-0.05, 0) is 18.2 Å². The summed E-state index contributed by atoms with van der Waals surface area (Å²) in [6.45, 7) is 2.12. The molecule has 0 saturated carbocycles. The van der Waals surface area contributed by atoms with Gasteiger partial charge in [-0.15, -0.1) is 11.8 Å². The average molecular weight is 285 g/mol. The van der Waals surface area contributed by atoms with Crippen molar-refractivity contribution in [2.24, 2.45) is 0 Å². The number of benzene rings is 1. The van der Waals surface area contributed by atoms with E-state index < -0.39 is 0 Å². The summed E-state index contributed by atoms with van der Waals surface area (Å²) in [4.78, 5) is 9.09. The highest BCUT2D eigenvalue weighted by molar-refractivity contribution is 7.99. The molecule has 1 heterocycles. The van der Waals surface area contributed by atoms with Crippen molar-refractivity contribution in [2.45, 2.75) is 18.2 Å². The number of aromatic nitrogens is 2. The molecule has 0 aliphatic carbocycles. The van der Waals surface area contributed by atoms with Crippen molar-refractivity contribution in [3.8, 4) is 17.3 Å². The number of nitrogens with zero attached hydrogens (tertiary/aromatic N) is 3. The van der Waals surface area contributed by atoms with Crippen molar-refractivity contribution in [3.05, 3.63) is 29.8 Å². The van der Waals surface area contributed by atoms with Crippen molar-refractivity contribution >= 4 is 23.5 Å². The number of hydrogen-bond donors (Lipinski definition) is 2. The van der Waals surface area contributed by atoms with Crippen LogP contribution in [-0.2, 0) is 0 Å². The summed E-state index contributed by atoms with van der Waals surface area (Å²) in [5.74, 6) is 1.19. The number of nitrogen functional groups attached to an aromatic ring is 2. The molecule has 0 fully saturated rings. The van der Waals surface area contributed by atoms with Crippen molar-refractivity contribution in [3.63, 3.8) is 0 Å². The second kappa shape index (κ2) is 6.26. The third-order valence-electron chi connectivity index (χ3n) is 2.67. The fourth-order valence-electron chi connectivity index (χ4n) is 1.80. The lowest BCUT2D eigenvalue weighted by Crippen LogP contribution is -2.05. The third kappa shape index (κ3) is 2.83. The molecule has 5 nitrogen and oxygen atoms in total. The second-order valence-corrected chi connectivity index (χ2v) is 5.28. The maximum Gasteiger partial charge on any atom is 0.222 e. The van der Waals surface area contributed by atoms with Gasteiger partial charge < -0.3 is 11.5 Å². The van der Waals surface area contributed by atoms with E-state index >= 15 is 0 Å². The number of anilines is 2. The molecule has 0 saturated heterocycles. The highest BCUT2D eigenvalue weighted by atomic mass is 32.2. The van der Waals surface area contributed by atoms with Crippen LogP contribution < -0.4 is 11.5 Å². The molecule has 0 amide bonds. The Morgan fingerprint density at radius 3 is 2.70 bits per heavy atom. The minimum absolute atomic E-state index is 0.0757. The Labute approximate surface area is 122 Å². The molecular weight excluding hydrogens is 270 g/mol. The van der Waals surface area contributed by atoms with E-state index in [0.29, 0.717) is 5.69 Å². The van der Waals surface area contributed by atoms with E-state index in [0.717, 1.165) is 22.6 Å². The summed E-state index contributed by atoms with van der Waals surface area (Å²) in [6, 6.07) is 9.84. The highest BCUT2D eigenvalue weighted by Gasteiger charge is 2.15. The van der Waals surface area contributed by atoms with E-state index in [4.69, 9.17) is 11.5 Å². The van der Waals surface area contributed by atoms with Crippen LogP contribution in [-0.4, -0.2) is 15.7 Å². The third-order valence-corrected chi connectivity index (χ3v) is 3.95. The first-order chi connectivity index (χ1) is 9.67. The number of thioether (sulfide) groups is 1. The molecule has 0 aliphatic rings. The number of rotatable bonds is 4. The van der Waals surface area contributed by atoms with Gasteiger partial charge >= 0.3 is 0 Å². The van der Waals surface area contributed by atoms with Crippen LogP contribution in [0.1, 0.15) is 18.9 Å². The Morgan fingerprint density at radius 2 is 2.00 bits per heavy atom. The van der Waals surface area contributed by atoms with Gasteiger partial charge in [0.2, 0.25) is 5.95 Å². The molecule has 2 rings (SSSR count). The van der Waals surface area contributed by atoms with Gasteiger partial charge in [-0.2, -0.15) is 10.2 Å². The van der Waals surface area contributed by atoms with Crippen LogP contribution in [0.4, 0.5) is 11.8 Å². The van der Waals surface area contributed by atoms with Gasteiger partial charge in [-0.25, -0.2) is 4.98 Å². The molecule has 6 heteroatoms. The summed E-state index contributed by atoms with van der Waals surface area (Å²) in [5, 5.41) is 9.26. The maximum atomic E-state index is 9.26. The van der Waals surface area contributed by atoms with E-state index in [1.165, 1.54) is 0 Å². The molecule has 1 aromatic heterocycles. The van der Waals surface area contributed by atoms with Crippen LogP contribution in [0.5, 0.6) is 0 Å². The zero-order valence-electron chi connectivity index (χ0n) is 11.1. The van der Waals surface area contributed by atoms with Gasteiger partial charge in [0.25, 0.3) is 0 Å². The molecule has 20 heavy (non-hydrogen) atoms. The normalized spacial score (nSPS) is 10.2. The van der Waals surface area contributed by atoms with Gasteiger partial charge in [0.05, 0.1) is 5.69 Å². The monoisotopic (exact) mass is 285 g/mol. The van der Waals surface area contributed by atoms with Gasteiger partial charge in [0.15, 0.2) is 0 Å². The second-order valence-electron chi connectivity index (χ2n) is 4.15. The lowest BCUT2D eigenvalue weighted by molar-refractivity contribution is 1.10. The number of nitriles is 1. The fraction of sp³-hybridized carbons (Fsp3) is 0.214. The summed E-state index contributed by atoms with van der Waals surface area (Å²) in [7, 11) is 0. The van der Waals surface area contributed by atoms with Gasteiger partial charge in [0.1, 0.15) is 17.5 Å². The van der Waals surface area contributed by atoms with E-state index in [-0.39, 0.29) is 17.3 Å². The molecular formula is C14H15N5S. The SMILES string of the molecule is CCCSc1ccccc1-c1nc(N)nc(N)c1C#N. The minimum atomic E-state index is 0.0757. The molecule has 0 bridgehead atoms. The first-order valence-electron chi connectivity index (χ1n) is 6.22. The van der Waals surface area contributed by atoms with Crippen LogP contribution in [0.3, 0.4) is 0 Å². The Kier molecular flexibility index (Phi) is 4.43. The summed E-state index contributed by atoms with van der Waals surface area (Å²) in [6.07, 6.45) is 1.07. The van der Waals surface area contributed by atoms with Gasteiger partial charge in [-0.1, -0.05) is 25.1 Å². The largest absolute Gasteiger partial charge is 0.382 e. The number of nitrogens with two attached hydrogens (primary N) is 2. The van der Waals surface area contributed by atoms with E-state index in [9.17, 15) is 5.26 Å². The van der Waals surface area contributed by atoms with Crippen molar-refractivity contribution < 1.29 is 0 Å². The highest BCUT2D eigenvalue weighted by Crippen LogP contribution is 2.33. The quantitative estimate of drug-likeness (QED) is 0.837. The van der Waals surface area contributed by atoms with Crippen LogP contribution >= 0.6 is 11.8 Å². The minimum Gasteiger partial charge on any atom is -0.382 e. The first-order valence-corrected chi connectivity index (χ1v) is 7.21. The molecule has 0 unspecified atom stereocenters. The zero-order chi connectivity index (χ0) is 14.5. The number of hydrogen-bond acceptors (Lipinski definition) is 6. The Balaban J connectivity index is 2.60. The Hall–Kier alpha value is -2.26. The maximum absolute atomic E-state index is 9.26. The smallest absolute Gasteiger partial charge is 0.222 e. The predicted octanol–water partition coefficient (Wildman–Crippen LogP) is 2.68. The molecule has 4 N–H and O–H groups in total. The molecule has 2 aromatic rings. The molecule has 0 aliphatic heterocycles. The van der Waals surface area contributed by atoms with Crippen LogP contribution in [0, 0.1) is 11.3 Å². The average Bonchev–Trinajstić information content (AvgIpc) is 2.44. The zero-order valence-corrected chi connectivity index (χ0v) is 11.9. The Morgan fingerprint density at radius 1 is 1.25 bits per heavy atom. The van der Waals surface area contributed by atoms with Crippen molar-refractivity contribution in [1.82, 2.24) is 9.97 Å². The molecule has 0 spiro atoms. The van der Waals surface area contributed by atoms with Crippen molar-refractivity contribution in [1.29, 1.82) is 5.26 Å². The summed E-state index contributed by atoms with van der Waals surface area (Å²) in [5.41, 5.74) is 13.0. The van der Waals surface area contributed by atoms with Crippen molar-refractivity contribution in [2.75, 3.05) is 17.2 Å². The van der Waals surface area contributed by atoms with Crippen LogP contribution in [0.2, 0.25) is 0 Å². The molecule has 102 valence electrons. The topological polar surface area (TPSA) is 102 Å². The van der Waals surface area contributed by atoms with Gasteiger partial charge in [-0.3, -0.25) is 0 Å². The van der Waals surface area contributed by atoms with Gasteiger partial charge in [0, 0.05) is 10.5 Å². The standard InChI is InChI=1S/C14H15N5S/c1-2-7-20-11-6-4-3-5-9(11)12-10(8-15)13(16)19-14(17)18-12/h3-6H,2,7H2,1H3,(H4,16,17,18,19). The lowest BCUT2D eigenvalue weighted by Gasteiger charge is -2.11. The van der Waals surface area contributed by atoms with E-state index in [1.807, 2.05) is 24.3 Å². The summed E-state index contributed by atoms with van der Waals surface area (Å²) < 4.78 is 0. The van der Waals surface area contributed by atoms with Crippen LogP contribution in [0.15, 0.2) is 29.2 Å². The predicted molar refractivity (Wildman–Crippen MR) is 82.0 cm³/mol. The summed E-state index contributed by atoms with van der Waals surface area (Å²) >= 11 is 1.72. The van der Waals surface area contributed by atoms with E-state index in [1.54, 1.807) is 11.8 Å².